The lowest BCUT2D eigenvalue weighted by Gasteiger charge is -2.16. The van der Waals surface area contributed by atoms with Crippen LogP contribution in [-0.4, -0.2) is 31.4 Å². The van der Waals surface area contributed by atoms with E-state index < -0.39 is 0 Å². The zero-order valence-corrected chi connectivity index (χ0v) is 12.6. The highest BCUT2D eigenvalue weighted by Crippen LogP contribution is 2.30. The Morgan fingerprint density at radius 2 is 1.80 bits per heavy atom. The van der Waals surface area contributed by atoms with Crippen molar-refractivity contribution in [3.05, 3.63) is 33.8 Å². The number of amides is 2. The highest BCUT2D eigenvalue weighted by molar-refractivity contribution is 6.36. The van der Waals surface area contributed by atoms with Gasteiger partial charge in [0.25, 0.3) is 0 Å². The van der Waals surface area contributed by atoms with E-state index in [1.807, 2.05) is 6.92 Å². The normalized spacial score (nSPS) is 11.8. The maximum absolute atomic E-state index is 11.5. The summed E-state index contributed by atoms with van der Waals surface area (Å²) in [7, 11) is 0. The van der Waals surface area contributed by atoms with Crippen molar-refractivity contribution < 1.29 is 9.59 Å². The number of nitrogens with one attached hydrogen (secondary N) is 2. The molecule has 20 heavy (non-hydrogen) atoms. The van der Waals surface area contributed by atoms with Crippen LogP contribution in [0.15, 0.2) is 18.2 Å². The third kappa shape index (κ3) is 5.00. The van der Waals surface area contributed by atoms with Crippen molar-refractivity contribution >= 4 is 35.0 Å². The van der Waals surface area contributed by atoms with Crippen LogP contribution in [0.25, 0.3) is 0 Å². The van der Waals surface area contributed by atoms with Gasteiger partial charge < -0.3 is 16.4 Å². The Balaban J connectivity index is 2.49. The number of carbonyl (C=O) groups is 2. The Morgan fingerprint density at radius 3 is 2.35 bits per heavy atom. The van der Waals surface area contributed by atoms with Gasteiger partial charge in [0, 0.05) is 22.5 Å². The molecular formula is C13H17Cl2N3O2. The van der Waals surface area contributed by atoms with E-state index in [1.54, 1.807) is 18.2 Å². The van der Waals surface area contributed by atoms with Crippen LogP contribution in [0.1, 0.15) is 18.4 Å². The fourth-order valence-electron chi connectivity index (χ4n) is 1.66. The quantitative estimate of drug-likeness (QED) is 0.739. The molecule has 0 aliphatic heterocycles. The first-order valence-electron chi connectivity index (χ1n) is 6.13. The minimum atomic E-state index is -0.373. The summed E-state index contributed by atoms with van der Waals surface area (Å²) in [4.78, 5) is 22.5. The maximum Gasteiger partial charge on any atom is 0.239 e. The number of benzene rings is 1. The van der Waals surface area contributed by atoms with E-state index >= 15 is 0 Å². The number of carbonyl (C=O) groups excluding carboxylic acids is 2. The van der Waals surface area contributed by atoms with Crippen molar-refractivity contribution in [1.82, 2.24) is 10.6 Å². The smallest absolute Gasteiger partial charge is 0.239 e. The van der Waals surface area contributed by atoms with E-state index in [9.17, 15) is 9.59 Å². The van der Waals surface area contributed by atoms with E-state index in [-0.39, 0.29) is 30.8 Å². The van der Waals surface area contributed by atoms with Gasteiger partial charge in [-0.05, 0) is 17.7 Å². The zero-order chi connectivity index (χ0) is 15.1. The van der Waals surface area contributed by atoms with Gasteiger partial charge in [-0.3, -0.25) is 9.59 Å². The van der Waals surface area contributed by atoms with Crippen LogP contribution >= 0.6 is 23.2 Å². The molecule has 1 atom stereocenters. The lowest BCUT2D eigenvalue weighted by atomic mass is 10.0. The summed E-state index contributed by atoms with van der Waals surface area (Å²) in [5.74, 6) is -0.700. The van der Waals surface area contributed by atoms with E-state index in [4.69, 9.17) is 28.9 Å². The fourth-order valence-corrected chi connectivity index (χ4v) is 2.43. The van der Waals surface area contributed by atoms with Gasteiger partial charge in [-0.1, -0.05) is 36.2 Å². The molecule has 110 valence electrons. The minimum absolute atomic E-state index is 0.0367. The molecule has 0 spiro atoms. The van der Waals surface area contributed by atoms with Crippen molar-refractivity contribution in [2.75, 3.05) is 19.6 Å². The van der Waals surface area contributed by atoms with Gasteiger partial charge in [-0.2, -0.15) is 0 Å². The second kappa shape index (κ2) is 8.09. The molecule has 1 rings (SSSR count). The molecule has 0 bridgehead atoms. The molecule has 7 heteroatoms. The van der Waals surface area contributed by atoms with E-state index in [0.717, 1.165) is 5.56 Å². The van der Waals surface area contributed by atoms with Gasteiger partial charge in [-0.25, -0.2) is 0 Å². The second-order valence-electron chi connectivity index (χ2n) is 4.32. The van der Waals surface area contributed by atoms with Crippen molar-refractivity contribution in [3.63, 3.8) is 0 Å². The first-order chi connectivity index (χ1) is 9.45. The largest absolute Gasteiger partial charge is 0.354 e. The predicted octanol–water partition coefficient (Wildman–Crippen LogP) is 1.29. The van der Waals surface area contributed by atoms with E-state index in [0.29, 0.717) is 16.6 Å². The average molecular weight is 318 g/mol. The monoisotopic (exact) mass is 317 g/mol. The molecule has 4 N–H and O–H groups in total. The van der Waals surface area contributed by atoms with Crippen molar-refractivity contribution in [2.24, 2.45) is 5.73 Å². The van der Waals surface area contributed by atoms with Gasteiger partial charge in [0.15, 0.2) is 0 Å². The number of nitrogens with two attached hydrogens (primary N) is 1. The highest BCUT2D eigenvalue weighted by atomic mass is 35.5. The molecule has 1 aromatic carbocycles. The molecule has 0 aromatic heterocycles. The molecule has 0 radical (unpaired) electrons. The third-order valence-corrected chi connectivity index (χ3v) is 3.39. The molecule has 5 nitrogen and oxygen atoms in total. The topological polar surface area (TPSA) is 84.2 Å². The molecule has 0 fully saturated rings. The second-order valence-corrected chi connectivity index (χ2v) is 5.14. The Kier molecular flexibility index (Phi) is 6.78. The molecule has 2 amide bonds. The first kappa shape index (κ1) is 16.8. The SMILES string of the molecule is CC(CNC(=O)CNC(=O)CN)c1c(Cl)cccc1Cl. The summed E-state index contributed by atoms with van der Waals surface area (Å²) >= 11 is 12.2. The summed E-state index contributed by atoms with van der Waals surface area (Å²) < 4.78 is 0. The highest BCUT2D eigenvalue weighted by Gasteiger charge is 2.14. The number of hydrogen-bond acceptors (Lipinski definition) is 3. The number of hydrogen-bond donors (Lipinski definition) is 3. The number of halogens is 2. The summed E-state index contributed by atoms with van der Waals surface area (Å²) in [6, 6.07) is 5.27. The standard InChI is InChI=1S/C13H17Cl2N3O2/c1-8(13-9(14)3-2-4-10(13)15)6-17-12(20)7-18-11(19)5-16/h2-4,8H,5-7,16H2,1H3,(H,17,20)(H,18,19). The summed E-state index contributed by atoms with van der Waals surface area (Å²) in [6.45, 7) is 2.05. The van der Waals surface area contributed by atoms with Gasteiger partial charge in [-0.15, -0.1) is 0 Å². The summed E-state index contributed by atoms with van der Waals surface area (Å²) in [5, 5.41) is 6.22. The first-order valence-corrected chi connectivity index (χ1v) is 6.88. The molecular weight excluding hydrogens is 301 g/mol. The Labute approximate surface area is 127 Å². The van der Waals surface area contributed by atoms with Gasteiger partial charge >= 0.3 is 0 Å². The summed E-state index contributed by atoms with van der Waals surface area (Å²) in [5.41, 5.74) is 5.91. The van der Waals surface area contributed by atoms with E-state index in [2.05, 4.69) is 10.6 Å². The van der Waals surface area contributed by atoms with Crippen LogP contribution in [0.2, 0.25) is 10.0 Å². The third-order valence-electron chi connectivity index (χ3n) is 2.73. The maximum atomic E-state index is 11.5. The lowest BCUT2D eigenvalue weighted by Crippen LogP contribution is -2.40. The van der Waals surface area contributed by atoms with Crippen LogP contribution in [-0.2, 0) is 9.59 Å². The van der Waals surface area contributed by atoms with E-state index in [1.165, 1.54) is 0 Å². The van der Waals surface area contributed by atoms with Gasteiger partial charge in [0.05, 0.1) is 13.1 Å². The fraction of sp³-hybridized carbons (Fsp3) is 0.385. The van der Waals surface area contributed by atoms with Gasteiger partial charge in [0.1, 0.15) is 0 Å². The van der Waals surface area contributed by atoms with Crippen LogP contribution < -0.4 is 16.4 Å². The van der Waals surface area contributed by atoms with Crippen LogP contribution in [0.3, 0.4) is 0 Å². The minimum Gasteiger partial charge on any atom is -0.354 e. The Bertz CT molecular complexity index is 474. The Hall–Kier alpha value is -1.30. The van der Waals surface area contributed by atoms with Crippen molar-refractivity contribution in [3.8, 4) is 0 Å². The molecule has 1 aromatic rings. The molecule has 0 saturated carbocycles. The molecule has 0 aliphatic carbocycles. The van der Waals surface area contributed by atoms with Crippen molar-refractivity contribution in [1.29, 1.82) is 0 Å². The van der Waals surface area contributed by atoms with Crippen LogP contribution in [0, 0.1) is 0 Å². The molecule has 0 saturated heterocycles. The van der Waals surface area contributed by atoms with Crippen LogP contribution in [0.4, 0.5) is 0 Å². The average Bonchev–Trinajstić information content (AvgIpc) is 2.42. The number of rotatable bonds is 6. The molecule has 1 unspecified atom stereocenters. The van der Waals surface area contributed by atoms with Crippen LogP contribution in [0.5, 0.6) is 0 Å². The summed E-state index contributed by atoms with van der Waals surface area (Å²) in [6.07, 6.45) is 0. The molecule has 0 aliphatic rings. The predicted molar refractivity (Wildman–Crippen MR) is 80.0 cm³/mol. The lowest BCUT2D eigenvalue weighted by molar-refractivity contribution is -0.125. The Morgan fingerprint density at radius 1 is 1.20 bits per heavy atom. The van der Waals surface area contributed by atoms with Crippen molar-refractivity contribution in [2.45, 2.75) is 12.8 Å². The zero-order valence-electron chi connectivity index (χ0n) is 11.1. The molecule has 0 heterocycles. The van der Waals surface area contributed by atoms with Gasteiger partial charge in [0.2, 0.25) is 11.8 Å².